The van der Waals surface area contributed by atoms with Gasteiger partial charge in [0.15, 0.2) is 11.6 Å². The number of guanidine groups is 1. The Hall–Kier alpha value is -2.16. The molecule has 0 unspecified atom stereocenters. The molecule has 0 aliphatic carbocycles. The number of hydrogen-bond acceptors (Lipinski definition) is 3. The lowest BCUT2D eigenvalue weighted by molar-refractivity contribution is 0.715. The maximum absolute atomic E-state index is 4.63. The van der Waals surface area contributed by atoms with Gasteiger partial charge in [0.25, 0.3) is 0 Å². The van der Waals surface area contributed by atoms with Gasteiger partial charge in [-0.3, -0.25) is 4.40 Å². The van der Waals surface area contributed by atoms with Gasteiger partial charge in [-0.1, -0.05) is 36.4 Å². The van der Waals surface area contributed by atoms with Gasteiger partial charge in [0.05, 0.1) is 6.54 Å². The van der Waals surface area contributed by atoms with Gasteiger partial charge in [0, 0.05) is 25.7 Å². The number of aromatic nitrogens is 3. The highest BCUT2D eigenvalue weighted by atomic mass is 127. The number of benzene rings is 1. The van der Waals surface area contributed by atoms with Crippen LogP contribution in [0.2, 0.25) is 0 Å². The van der Waals surface area contributed by atoms with Crippen LogP contribution >= 0.6 is 24.0 Å². The Morgan fingerprint density at radius 1 is 1.04 bits per heavy atom. The van der Waals surface area contributed by atoms with Gasteiger partial charge in [0.2, 0.25) is 0 Å². The van der Waals surface area contributed by atoms with Crippen LogP contribution in [0.3, 0.4) is 0 Å². The number of aryl methyl sites for hydroxylation is 1. The van der Waals surface area contributed by atoms with Crippen LogP contribution in [-0.2, 0) is 13.0 Å². The summed E-state index contributed by atoms with van der Waals surface area (Å²) in [5.41, 5.74) is 2.10. The molecule has 1 aromatic carbocycles. The molecule has 2 N–H and O–H groups in total. The van der Waals surface area contributed by atoms with Crippen molar-refractivity contribution in [2.24, 2.45) is 4.99 Å². The van der Waals surface area contributed by atoms with Crippen LogP contribution in [0, 0.1) is 0 Å². The summed E-state index contributed by atoms with van der Waals surface area (Å²) in [6.45, 7) is 4.42. The van der Waals surface area contributed by atoms with Crippen LogP contribution in [0.4, 0.5) is 0 Å². The van der Waals surface area contributed by atoms with Crippen LogP contribution in [0.25, 0.3) is 5.65 Å². The number of hydrogen-bond donors (Lipinski definition) is 2. The van der Waals surface area contributed by atoms with E-state index in [1.807, 2.05) is 47.0 Å². The Balaban J connectivity index is 0.00000243. The number of fused-ring (bicyclic) bond motifs is 1. The fraction of sp³-hybridized carbons (Fsp3) is 0.316. The summed E-state index contributed by atoms with van der Waals surface area (Å²) in [5.74, 6) is 1.83. The molecule has 0 radical (unpaired) electrons. The molecule has 7 heteroatoms. The fourth-order valence-electron chi connectivity index (χ4n) is 2.61. The third-order valence-corrected chi connectivity index (χ3v) is 3.86. The Bertz CT molecular complexity index is 815. The lowest BCUT2D eigenvalue weighted by Crippen LogP contribution is -2.37. The van der Waals surface area contributed by atoms with Crippen LogP contribution in [0.15, 0.2) is 59.7 Å². The van der Waals surface area contributed by atoms with Crippen LogP contribution < -0.4 is 10.6 Å². The van der Waals surface area contributed by atoms with Crippen molar-refractivity contribution in [3.05, 3.63) is 66.1 Å². The van der Waals surface area contributed by atoms with Gasteiger partial charge in [0.1, 0.15) is 5.82 Å². The second kappa shape index (κ2) is 10.7. The first-order valence-corrected chi connectivity index (χ1v) is 8.71. The van der Waals surface area contributed by atoms with Gasteiger partial charge in [-0.25, -0.2) is 4.99 Å². The minimum absolute atomic E-state index is 0. The molecule has 3 aromatic rings. The van der Waals surface area contributed by atoms with E-state index >= 15 is 0 Å². The van der Waals surface area contributed by atoms with E-state index in [2.05, 4.69) is 44.9 Å². The second-order valence-electron chi connectivity index (χ2n) is 5.76. The summed E-state index contributed by atoms with van der Waals surface area (Å²) in [7, 11) is 0. The highest BCUT2D eigenvalue weighted by Gasteiger charge is 2.04. The summed E-state index contributed by atoms with van der Waals surface area (Å²) in [6, 6.07) is 16.2. The normalized spacial score (nSPS) is 11.2. The Labute approximate surface area is 171 Å². The molecule has 26 heavy (non-hydrogen) atoms. The number of rotatable bonds is 7. The highest BCUT2D eigenvalue weighted by molar-refractivity contribution is 14.0. The van der Waals surface area contributed by atoms with Gasteiger partial charge < -0.3 is 10.6 Å². The molecule has 0 saturated carbocycles. The van der Waals surface area contributed by atoms with Crippen molar-refractivity contribution in [3.63, 3.8) is 0 Å². The van der Waals surface area contributed by atoms with Gasteiger partial charge in [-0.05, 0) is 31.0 Å². The minimum atomic E-state index is 0. The monoisotopic (exact) mass is 464 g/mol. The largest absolute Gasteiger partial charge is 0.357 e. The third kappa shape index (κ3) is 5.69. The smallest absolute Gasteiger partial charge is 0.191 e. The van der Waals surface area contributed by atoms with Crippen LogP contribution in [0.1, 0.15) is 24.7 Å². The molecule has 0 atom stereocenters. The molecule has 2 heterocycles. The number of pyridine rings is 1. The average Bonchev–Trinajstić information content (AvgIpc) is 3.07. The summed E-state index contributed by atoms with van der Waals surface area (Å²) < 4.78 is 2.04. The van der Waals surface area contributed by atoms with Crippen LogP contribution in [0.5, 0.6) is 0 Å². The molecule has 0 fully saturated rings. The van der Waals surface area contributed by atoms with E-state index in [0.717, 1.165) is 43.4 Å². The quantitative estimate of drug-likeness (QED) is 0.244. The van der Waals surface area contributed by atoms with Crippen LogP contribution in [-0.4, -0.2) is 33.6 Å². The summed E-state index contributed by atoms with van der Waals surface area (Å²) in [5, 5.41) is 15.1. The summed E-state index contributed by atoms with van der Waals surface area (Å²) in [6.07, 6.45) is 3.84. The summed E-state index contributed by atoms with van der Waals surface area (Å²) >= 11 is 0. The lowest BCUT2D eigenvalue weighted by Gasteiger charge is -2.11. The SMILES string of the molecule is CCNC(=NCc1ccccc1)NCCCc1nnc2ccccn12.I. The van der Waals surface area contributed by atoms with Crippen molar-refractivity contribution < 1.29 is 0 Å². The molecule has 6 nitrogen and oxygen atoms in total. The Morgan fingerprint density at radius 3 is 2.65 bits per heavy atom. The second-order valence-corrected chi connectivity index (χ2v) is 5.76. The van der Waals surface area contributed by atoms with Crippen molar-refractivity contribution >= 4 is 35.6 Å². The zero-order valence-corrected chi connectivity index (χ0v) is 17.3. The third-order valence-electron chi connectivity index (χ3n) is 3.86. The first-order valence-electron chi connectivity index (χ1n) is 8.71. The van der Waals surface area contributed by atoms with E-state index in [1.54, 1.807) is 0 Å². The van der Waals surface area contributed by atoms with E-state index in [0.29, 0.717) is 6.54 Å². The lowest BCUT2D eigenvalue weighted by atomic mass is 10.2. The summed E-state index contributed by atoms with van der Waals surface area (Å²) in [4.78, 5) is 4.63. The van der Waals surface area contributed by atoms with Crippen molar-refractivity contribution in [2.45, 2.75) is 26.3 Å². The van der Waals surface area contributed by atoms with E-state index in [4.69, 9.17) is 0 Å². The Kier molecular flexibility index (Phi) is 8.33. The maximum Gasteiger partial charge on any atom is 0.191 e. The molecular weight excluding hydrogens is 439 g/mol. The maximum atomic E-state index is 4.63. The number of aliphatic imine (C=N–C) groups is 1. The van der Waals surface area contributed by atoms with Crippen molar-refractivity contribution in [1.29, 1.82) is 0 Å². The first-order chi connectivity index (χ1) is 12.4. The van der Waals surface area contributed by atoms with E-state index in [9.17, 15) is 0 Å². The minimum Gasteiger partial charge on any atom is -0.357 e. The van der Waals surface area contributed by atoms with E-state index < -0.39 is 0 Å². The number of halogens is 1. The van der Waals surface area contributed by atoms with E-state index in [-0.39, 0.29) is 24.0 Å². The number of nitrogens with zero attached hydrogens (tertiary/aromatic N) is 4. The molecular formula is C19H25IN6. The first kappa shape index (κ1) is 20.2. The molecule has 0 bridgehead atoms. The molecule has 3 rings (SSSR count). The highest BCUT2D eigenvalue weighted by Crippen LogP contribution is 2.04. The standard InChI is InChI=1S/C19H24N6.HI/c1-2-20-19(22-15-16-9-4-3-5-10-16)21-13-8-12-18-24-23-17-11-6-7-14-25(17)18;/h3-7,9-11,14H,2,8,12-13,15H2,1H3,(H2,20,21,22);1H. The predicted molar refractivity (Wildman–Crippen MR) is 116 cm³/mol. The Morgan fingerprint density at radius 2 is 1.85 bits per heavy atom. The predicted octanol–water partition coefficient (Wildman–Crippen LogP) is 3.04. The zero-order chi connectivity index (χ0) is 17.3. The van der Waals surface area contributed by atoms with Crippen molar-refractivity contribution in [2.75, 3.05) is 13.1 Å². The number of nitrogens with one attached hydrogen (secondary N) is 2. The van der Waals surface area contributed by atoms with Crippen molar-refractivity contribution in [3.8, 4) is 0 Å². The zero-order valence-electron chi connectivity index (χ0n) is 14.9. The molecule has 0 amide bonds. The van der Waals surface area contributed by atoms with Crippen molar-refractivity contribution in [1.82, 2.24) is 25.2 Å². The molecule has 0 spiro atoms. The molecule has 0 aliphatic heterocycles. The average molecular weight is 464 g/mol. The van der Waals surface area contributed by atoms with E-state index in [1.165, 1.54) is 5.56 Å². The van der Waals surface area contributed by atoms with Gasteiger partial charge in [-0.2, -0.15) is 0 Å². The van der Waals surface area contributed by atoms with Gasteiger partial charge >= 0.3 is 0 Å². The molecule has 0 aliphatic rings. The molecule has 0 saturated heterocycles. The fourth-order valence-corrected chi connectivity index (χ4v) is 2.61. The topological polar surface area (TPSA) is 66.6 Å². The molecule has 2 aromatic heterocycles. The van der Waals surface area contributed by atoms with Gasteiger partial charge in [-0.15, -0.1) is 34.2 Å². The molecule has 138 valence electrons.